The second-order valence-electron chi connectivity index (χ2n) is 3.93. The maximum Gasteiger partial charge on any atom is 0.244 e. The van der Waals surface area contributed by atoms with Gasteiger partial charge in [-0.1, -0.05) is 6.07 Å². The first-order valence-corrected chi connectivity index (χ1v) is 8.74. The van der Waals surface area contributed by atoms with Gasteiger partial charge in [0.2, 0.25) is 10.0 Å². The molecule has 0 aliphatic rings. The van der Waals surface area contributed by atoms with Crippen molar-refractivity contribution < 1.29 is 13.2 Å². The van der Waals surface area contributed by atoms with Crippen molar-refractivity contribution in [3.05, 3.63) is 39.0 Å². The van der Waals surface area contributed by atoms with Crippen molar-refractivity contribution in [3.8, 4) is 5.75 Å². The van der Waals surface area contributed by atoms with Crippen LogP contribution in [-0.2, 0) is 16.6 Å². The van der Waals surface area contributed by atoms with Gasteiger partial charge in [-0.15, -0.1) is 11.3 Å². The first-order chi connectivity index (χ1) is 9.44. The van der Waals surface area contributed by atoms with Gasteiger partial charge in [0.05, 0.1) is 7.11 Å². The highest BCUT2D eigenvalue weighted by Gasteiger charge is 2.21. The molecule has 0 bridgehead atoms. The molecule has 0 radical (unpaired) electrons. The van der Waals surface area contributed by atoms with Crippen molar-refractivity contribution in [2.75, 3.05) is 12.8 Å². The number of ether oxygens (including phenoxy) is 1. The molecule has 0 fully saturated rings. The molecule has 5 nitrogen and oxygen atoms in total. The van der Waals surface area contributed by atoms with Crippen molar-refractivity contribution in [1.82, 2.24) is 4.72 Å². The van der Waals surface area contributed by atoms with Gasteiger partial charge < -0.3 is 10.5 Å². The quantitative estimate of drug-likeness (QED) is 0.785. The zero-order valence-electron chi connectivity index (χ0n) is 10.6. The molecule has 0 aliphatic carbocycles. The van der Waals surface area contributed by atoms with Crippen LogP contribution in [0.15, 0.2) is 39.0 Å². The first kappa shape index (κ1) is 15.3. The summed E-state index contributed by atoms with van der Waals surface area (Å²) in [6.07, 6.45) is 0. The molecule has 0 amide bonds. The maximum atomic E-state index is 12.3. The van der Waals surface area contributed by atoms with E-state index in [1.807, 2.05) is 17.5 Å². The van der Waals surface area contributed by atoms with Crippen molar-refractivity contribution in [2.45, 2.75) is 11.4 Å². The second-order valence-corrected chi connectivity index (χ2v) is 7.55. The monoisotopic (exact) mass is 376 g/mol. The molecule has 1 heterocycles. The van der Waals surface area contributed by atoms with Crippen LogP contribution in [0.25, 0.3) is 0 Å². The van der Waals surface area contributed by atoms with Gasteiger partial charge in [0.25, 0.3) is 0 Å². The van der Waals surface area contributed by atoms with Crippen LogP contribution in [0.5, 0.6) is 5.75 Å². The molecule has 2 aromatic rings. The molecule has 0 aliphatic heterocycles. The molecule has 1 aromatic carbocycles. The standard InChI is InChI=1S/C12H13BrN2O3S2/c1-18-11-5-9(13)10(14)6-12(11)20(16,17)15-7-8-3-2-4-19-8/h2-6,15H,7,14H2,1H3. The molecule has 3 N–H and O–H groups in total. The number of benzene rings is 1. The number of thiophene rings is 1. The molecule has 8 heteroatoms. The zero-order valence-corrected chi connectivity index (χ0v) is 13.8. The number of nitrogens with one attached hydrogen (secondary N) is 1. The van der Waals surface area contributed by atoms with E-state index in [1.165, 1.54) is 30.6 Å². The Bertz CT molecular complexity index is 700. The third kappa shape index (κ3) is 3.32. The highest BCUT2D eigenvalue weighted by atomic mass is 79.9. The lowest BCUT2D eigenvalue weighted by Crippen LogP contribution is -2.23. The predicted molar refractivity (Wildman–Crippen MR) is 83.5 cm³/mol. The minimum absolute atomic E-state index is 0.0252. The fourth-order valence-corrected chi connectivity index (χ4v) is 3.83. The third-order valence-electron chi connectivity index (χ3n) is 2.59. The van der Waals surface area contributed by atoms with Gasteiger partial charge in [-0.25, -0.2) is 13.1 Å². The molecule has 0 spiro atoms. The largest absolute Gasteiger partial charge is 0.495 e. The van der Waals surface area contributed by atoms with Gasteiger partial charge in [0.1, 0.15) is 10.6 Å². The SMILES string of the molecule is COc1cc(Br)c(N)cc1S(=O)(=O)NCc1cccs1. The van der Waals surface area contributed by atoms with E-state index in [-0.39, 0.29) is 17.2 Å². The topological polar surface area (TPSA) is 81.4 Å². The van der Waals surface area contributed by atoms with Crippen LogP contribution in [-0.4, -0.2) is 15.5 Å². The van der Waals surface area contributed by atoms with Gasteiger partial charge in [-0.3, -0.25) is 0 Å². The van der Waals surface area contributed by atoms with Crippen molar-refractivity contribution in [1.29, 1.82) is 0 Å². The number of hydrogen-bond acceptors (Lipinski definition) is 5. The Morgan fingerprint density at radius 1 is 1.45 bits per heavy atom. The van der Waals surface area contributed by atoms with Gasteiger partial charge in [0, 0.05) is 21.6 Å². The van der Waals surface area contributed by atoms with Crippen LogP contribution < -0.4 is 15.2 Å². The molecule has 0 saturated carbocycles. The van der Waals surface area contributed by atoms with Crippen LogP contribution >= 0.6 is 27.3 Å². The Labute approximate surface area is 129 Å². The van der Waals surface area contributed by atoms with E-state index in [4.69, 9.17) is 10.5 Å². The zero-order chi connectivity index (χ0) is 14.8. The normalized spacial score (nSPS) is 11.5. The molecule has 2 rings (SSSR count). The molecule has 0 atom stereocenters. The lowest BCUT2D eigenvalue weighted by Gasteiger charge is -2.12. The summed E-state index contributed by atoms with van der Waals surface area (Å²) in [7, 11) is -2.27. The number of halogens is 1. The van der Waals surface area contributed by atoms with Gasteiger partial charge >= 0.3 is 0 Å². The number of rotatable bonds is 5. The highest BCUT2D eigenvalue weighted by molar-refractivity contribution is 9.10. The maximum absolute atomic E-state index is 12.3. The lowest BCUT2D eigenvalue weighted by atomic mass is 10.3. The van der Waals surface area contributed by atoms with Crippen LogP contribution in [0.4, 0.5) is 5.69 Å². The molecule has 0 unspecified atom stereocenters. The minimum atomic E-state index is -3.69. The number of sulfonamides is 1. The van der Waals surface area contributed by atoms with Crippen LogP contribution in [0.1, 0.15) is 4.88 Å². The predicted octanol–water partition coefficient (Wildman–Crippen LogP) is 2.58. The summed E-state index contributed by atoms with van der Waals surface area (Å²) in [5.41, 5.74) is 6.07. The van der Waals surface area contributed by atoms with Crippen molar-refractivity contribution >= 4 is 43.0 Å². The first-order valence-electron chi connectivity index (χ1n) is 5.59. The third-order valence-corrected chi connectivity index (χ3v) is 5.57. The van der Waals surface area contributed by atoms with E-state index in [0.29, 0.717) is 10.2 Å². The van der Waals surface area contributed by atoms with E-state index in [1.54, 1.807) is 0 Å². The minimum Gasteiger partial charge on any atom is -0.495 e. The summed E-state index contributed by atoms with van der Waals surface area (Å²) in [6.45, 7) is 0.235. The smallest absolute Gasteiger partial charge is 0.244 e. The molecular weight excluding hydrogens is 364 g/mol. The Morgan fingerprint density at radius 3 is 2.80 bits per heavy atom. The summed E-state index contributed by atoms with van der Waals surface area (Å²) < 4.78 is 32.8. The molecule has 20 heavy (non-hydrogen) atoms. The fourth-order valence-electron chi connectivity index (χ4n) is 1.58. The molecule has 0 saturated heterocycles. The van der Waals surface area contributed by atoms with Crippen molar-refractivity contribution in [2.24, 2.45) is 0 Å². The Balaban J connectivity index is 2.31. The van der Waals surface area contributed by atoms with Gasteiger partial charge in [-0.05, 0) is 39.5 Å². The average molecular weight is 377 g/mol. The molecule has 108 valence electrons. The Kier molecular flexibility index (Phi) is 4.69. The number of anilines is 1. The van der Waals surface area contributed by atoms with Crippen LogP contribution in [0.3, 0.4) is 0 Å². The average Bonchev–Trinajstić information content (AvgIpc) is 2.92. The summed E-state index contributed by atoms with van der Waals surface area (Å²) in [6, 6.07) is 6.64. The molecular formula is C12H13BrN2O3S2. The highest BCUT2D eigenvalue weighted by Crippen LogP contribution is 2.32. The van der Waals surface area contributed by atoms with E-state index in [9.17, 15) is 8.42 Å². The van der Waals surface area contributed by atoms with E-state index in [2.05, 4.69) is 20.7 Å². The summed E-state index contributed by atoms with van der Waals surface area (Å²) in [4.78, 5) is 0.954. The van der Waals surface area contributed by atoms with Crippen LogP contribution in [0, 0.1) is 0 Å². The Morgan fingerprint density at radius 2 is 2.20 bits per heavy atom. The Hall–Kier alpha value is -1.09. The number of nitrogen functional groups attached to an aromatic ring is 1. The molecule has 1 aromatic heterocycles. The fraction of sp³-hybridized carbons (Fsp3) is 0.167. The van der Waals surface area contributed by atoms with Crippen LogP contribution in [0.2, 0.25) is 0 Å². The van der Waals surface area contributed by atoms with E-state index in [0.717, 1.165) is 4.88 Å². The number of methoxy groups -OCH3 is 1. The summed E-state index contributed by atoms with van der Waals surface area (Å²) >= 11 is 4.72. The van der Waals surface area contributed by atoms with E-state index < -0.39 is 10.0 Å². The van der Waals surface area contributed by atoms with Gasteiger partial charge in [-0.2, -0.15) is 0 Å². The van der Waals surface area contributed by atoms with Crippen molar-refractivity contribution in [3.63, 3.8) is 0 Å². The lowest BCUT2D eigenvalue weighted by molar-refractivity contribution is 0.402. The summed E-state index contributed by atoms with van der Waals surface area (Å²) in [5.74, 6) is 0.241. The number of nitrogens with two attached hydrogens (primary N) is 1. The van der Waals surface area contributed by atoms with E-state index >= 15 is 0 Å². The summed E-state index contributed by atoms with van der Waals surface area (Å²) in [5, 5.41) is 1.89. The second kappa shape index (κ2) is 6.13. The van der Waals surface area contributed by atoms with Gasteiger partial charge in [0.15, 0.2) is 0 Å². The number of hydrogen-bond donors (Lipinski definition) is 2.